The van der Waals surface area contributed by atoms with Crippen molar-refractivity contribution in [3.63, 3.8) is 0 Å². The molecule has 2 fully saturated rings. The number of aromatic nitrogens is 2. The smallest absolute Gasteiger partial charge is 0.318 e. The molecule has 8 nitrogen and oxygen atoms in total. The van der Waals surface area contributed by atoms with Gasteiger partial charge < -0.3 is 24.2 Å². The van der Waals surface area contributed by atoms with Gasteiger partial charge in [0.15, 0.2) is 0 Å². The van der Waals surface area contributed by atoms with Gasteiger partial charge in [-0.3, -0.25) is 4.79 Å². The molecule has 2 unspecified atom stereocenters. The van der Waals surface area contributed by atoms with Crippen LogP contribution >= 0.6 is 11.6 Å². The third kappa shape index (κ3) is 5.16. The van der Waals surface area contributed by atoms with Gasteiger partial charge in [-0.2, -0.15) is 9.97 Å². The molecule has 210 valence electrons. The first-order valence-corrected chi connectivity index (χ1v) is 14.5. The molecule has 0 saturated carbocycles. The van der Waals surface area contributed by atoms with E-state index in [1.54, 1.807) is 0 Å². The van der Waals surface area contributed by atoms with E-state index in [1.165, 1.54) is 12.5 Å². The third-order valence-electron chi connectivity index (χ3n) is 8.55. The Bertz CT molecular complexity index is 1430. The number of piperazine rings is 1. The Morgan fingerprint density at radius 3 is 2.77 bits per heavy atom. The molecule has 3 atom stereocenters. The van der Waals surface area contributed by atoms with Crippen molar-refractivity contribution in [2.24, 2.45) is 0 Å². The lowest BCUT2D eigenvalue weighted by atomic mass is 9.94. The average molecular weight is 562 g/mol. The first-order valence-electron chi connectivity index (χ1n) is 14.1. The van der Waals surface area contributed by atoms with Crippen molar-refractivity contribution in [1.29, 1.82) is 0 Å². The summed E-state index contributed by atoms with van der Waals surface area (Å²) in [7, 11) is 2.14. The number of likely N-dealkylation sites (N-methyl/N-ethyl adjacent to an activating group) is 1. The third-order valence-corrected chi connectivity index (χ3v) is 8.87. The Balaban J connectivity index is 1.33. The maximum atomic E-state index is 12.3. The fourth-order valence-electron chi connectivity index (χ4n) is 6.30. The summed E-state index contributed by atoms with van der Waals surface area (Å²) in [6.45, 7) is 9.69. The zero-order valence-electron chi connectivity index (χ0n) is 23.2. The summed E-state index contributed by atoms with van der Waals surface area (Å²) >= 11 is 6.66. The summed E-state index contributed by atoms with van der Waals surface area (Å²) in [6, 6.07) is 13.0. The molecule has 6 rings (SSSR count). The number of hydrogen-bond acceptors (Lipinski definition) is 7. The molecule has 0 spiro atoms. The van der Waals surface area contributed by atoms with Crippen molar-refractivity contribution >= 4 is 34.1 Å². The number of halogens is 1. The quantitative estimate of drug-likeness (QED) is 0.401. The summed E-state index contributed by atoms with van der Waals surface area (Å²) in [6.07, 6.45) is 4.09. The van der Waals surface area contributed by atoms with E-state index in [9.17, 15) is 4.79 Å². The maximum absolute atomic E-state index is 12.3. The fraction of sp³-hybridized carbons (Fsp3) is 0.452. The maximum Gasteiger partial charge on any atom is 0.318 e. The second-order valence-electron chi connectivity index (χ2n) is 11.1. The van der Waals surface area contributed by atoms with Crippen LogP contribution in [0.3, 0.4) is 0 Å². The molecule has 3 aliphatic heterocycles. The number of likely N-dealkylation sites (tertiary alicyclic amines) is 1. The van der Waals surface area contributed by atoms with Gasteiger partial charge >= 0.3 is 6.01 Å². The second-order valence-corrected chi connectivity index (χ2v) is 11.5. The first kappa shape index (κ1) is 27.0. The number of nitrogens with zero attached hydrogens (tertiary/aromatic N) is 5. The van der Waals surface area contributed by atoms with Crippen molar-refractivity contribution in [2.45, 2.75) is 51.0 Å². The van der Waals surface area contributed by atoms with Gasteiger partial charge in [0.2, 0.25) is 5.91 Å². The van der Waals surface area contributed by atoms with Crippen LogP contribution in [0.5, 0.6) is 6.01 Å². The van der Waals surface area contributed by atoms with Crippen molar-refractivity contribution < 1.29 is 14.3 Å². The minimum absolute atomic E-state index is 0.0245. The predicted molar refractivity (Wildman–Crippen MR) is 157 cm³/mol. The minimum atomic E-state index is -0.186. The molecule has 0 aliphatic carbocycles. The molecule has 9 heteroatoms. The number of fused-ring (bicyclic) bond motifs is 2. The zero-order chi connectivity index (χ0) is 27.8. The van der Waals surface area contributed by atoms with Crippen LogP contribution in [0.25, 0.3) is 10.8 Å². The molecule has 2 aromatic carbocycles. The molecule has 3 aliphatic rings. The lowest BCUT2D eigenvalue weighted by Crippen LogP contribution is -2.54. The van der Waals surface area contributed by atoms with Gasteiger partial charge in [0.1, 0.15) is 12.4 Å². The monoisotopic (exact) mass is 561 g/mol. The molecular formula is C31H36ClN5O3. The van der Waals surface area contributed by atoms with Crippen LogP contribution in [0.15, 0.2) is 49.1 Å². The number of anilines is 1. The SMILES string of the molecule is C=CC(=O)N1CCN(c2nc(OCC3CCCN3C)nc3c2COC(c2cccc4cccc(Cl)c24)C3)C[C@H]1C. The molecule has 3 aromatic rings. The molecule has 0 radical (unpaired) electrons. The number of carbonyl (C=O) groups is 1. The predicted octanol–water partition coefficient (Wildman–Crippen LogP) is 4.79. The van der Waals surface area contributed by atoms with E-state index in [4.69, 9.17) is 31.0 Å². The molecule has 0 N–H and O–H groups in total. The topological polar surface area (TPSA) is 71.0 Å². The van der Waals surface area contributed by atoms with Crippen LogP contribution in [0.4, 0.5) is 5.82 Å². The van der Waals surface area contributed by atoms with Crippen LogP contribution in [0, 0.1) is 0 Å². The van der Waals surface area contributed by atoms with E-state index in [1.807, 2.05) is 17.0 Å². The number of hydrogen-bond donors (Lipinski definition) is 0. The van der Waals surface area contributed by atoms with Gasteiger partial charge in [-0.05, 0) is 56.4 Å². The Morgan fingerprint density at radius 2 is 2.02 bits per heavy atom. The number of rotatable bonds is 6. The molecule has 2 saturated heterocycles. The lowest BCUT2D eigenvalue weighted by molar-refractivity contribution is -0.128. The molecule has 1 aromatic heterocycles. The van der Waals surface area contributed by atoms with Crippen LogP contribution in [-0.4, -0.2) is 77.6 Å². The lowest BCUT2D eigenvalue weighted by Gasteiger charge is -2.41. The molecule has 0 bridgehead atoms. The first-order chi connectivity index (χ1) is 19.4. The van der Waals surface area contributed by atoms with Gasteiger partial charge in [0.05, 0.1) is 18.4 Å². The molecule has 4 heterocycles. The number of benzene rings is 2. The standard InChI is InChI=1S/C31H36ClN5O3/c1-4-28(38)37-15-14-36(17-20(37)2)30-24-19-39-27(23-11-5-8-21-9-6-12-25(32)29(21)23)16-26(24)33-31(34-30)40-18-22-10-7-13-35(22)3/h4-6,8-9,11-12,20,22,27H,1,7,10,13-19H2,2-3H3/t20-,22?,27?/m1/s1. The average Bonchev–Trinajstić information content (AvgIpc) is 3.39. The largest absolute Gasteiger partial charge is 0.462 e. The highest BCUT2D eigenvalue weighted by atomic mass is 35.5. The van der Waals surface area contributed by atoms with Crippen molar-refractivity contribution in [2.75, 3.05) is 44.7 Å². The van der Waals surface area contributed by atoms with Crippen molar-refractivity contribution in [3.8, 4) is 6.01 Å². The van der Waals surface area contributed by atoms with Crippen LogP contribution in [0.2, 0.25) is 5.02 Å². The Morgan fingerprint density at radius 1 is 1.20 bits per heavy atom. The highest BCUT2D eigenvalue weighted by Gasteiger charge is 2.33. The van der Waals surface area contributed by atoms with Crippen LogP contribution < -0.4 is 9.64 Å². The Hall–Kier alpha value is -3.20. The van der Waals surface area contributed by atoms with Gasteiger partial charge in [-0.25, -0.2) is 0 Å². The fourth-order valence-corrected chi connectivity index (χ4v) is 6.59. The highest BCUT2D eigenvalue weighted by Crippen LogP contribution is 2.39. The Labute approximate surface area is 240 Å². The molecule has 1 amide bonds. The van der Waals surface area contributed by atoms with Crippen LogP contribution in [-0.2, 0) is 22.6 Å². The molecular weight excluding hydrogens is 526 g/mol. The zero-order valence-corrected chi connectivity index (χ0v) is 23.9. The van der Waals surface area contributed by atoms with Gasteiger partial charge in [-0.1, -0.05) is 48.5 Å². The van der Waals surface area contributed by atoms with E-state index in [-0.39, 0.29) is 18.1 Å². The Kier molecular flexibility index (Phi) is 7.66. The van der Waals surface area contributed by atoms with Crippen LogP contribution in [0.1, 0.15) is 42.7 Å². The second kappa shape index (κ2) is 11.4. The number of amides is 1. The highest BCUT2D eigenvalue weighted by molar-refractivity contribution is 6.35. The van der Waals surface area contributed by atoms with E-state index in [0.717, 1.165) is 51.4 Å². The summed E-state index contributed by atoms with van der Waals surface area (Å²) < 4.78 is 12.8. The van der Waals surface area contributed by atoms with Crippen molar-refractivity contribution in [3.05, 3.63) is 70.9 Å². The van der Waals surface area contributed by atoms with E-state index < -0.39 is 0 Å². The van der Waals surface area contributed by atoms with E-state index >= 15 is 0 Å². The van der Waals surface area contributed by atoms with Gasteiger partial charge in [0, 0.05) is 54.1 Å². The number of carbonyl (C=O) groups excluding carboxylic acids is 1. The van der Waals surface area contributed by atoms with Crippen molar-refractivity contribution in [1.82, 2.24) is 19.8 Å². The normalized spacial score (nSPS) is 23.3. The molecule has 40 heavy (non-hydrogen) atoms. The summed E-state index contributed by atoms with van der Waals surface area (Å²) in [5.41, 5.74) is 3.00. The summed E-state index contributed by atoms with van der Waals surface area (Å²) in [4.78, 5) is 28.7. The van der Waals surface area contributed by atoms with E-state index in [0.29, 0.717) is 51.3 Å². The summed E-state index contributed by atoms with van der Waals surface area (Å²) in [5, 5.41) is 2.83. The number of ether oxygens (including phenoxy) is 2. The minimum Gasteiger partial charge on any atom is -0.462 e. The summed E-state index contributed by atoms with van der Waals surface area (Å²) in [5.74, 6) is 0.799. The van der Waals surface area contributed by atoms with Gasteiger partial charge in [-0.15, -0.1) is 0 Å². The van der Waals surface area contributed by atoms with E-state index in [2.05, 4.69) is 54.6 Å². The van der Waals surface area contributed by atoms with Gasteiger partial charge in [0.25, 0.3) is 0 Å².